The number of pyridine rings is 1. The van der Waals surface area contributed by atoms with Crippen molar-refractivity contribution in [2.45, 2.75) is 33.6 Å². The highest BCUT2D eigenvalue weighted by molar-refractivity contribution is 5.92. The molecule has 3 nitrogen and oxygen atoms in total. The number of rotatable bonds is 3. The number of hydrogen-bond acceptors (Lipinski definition) is 2. The van der Waals surface area contributed by atoms with Crippen LogP contribution in [-0.4, -0.2) is 24.6 Å². The number of nitrogens with two attached hydrogens (primary N) is 1. The van der Waals surface area contributed by atoms with Crippen molar-refractivity contribution < 1.29 is 0 Å². The Morgan fingerprint density at radius 1 is 1.19 bits per heavy atom. The van der Waals surface area contributed by atoms with Crippen molar-refractivity contribution in [1.82, 2.24) is 9.47 Å². The molecule has 3 rings (SSSR count). The number of nitrogens with zero attached hydrogens (tertiary/aromatic N) is 2. The highest BCUT2D eigenvalue weighted by atomic mass is 15.4. The topological polar surface area (TPSA) is 38.9 Å². The lowest BCUT2D eigenvalue weighted by Gasteiger charge is -2.36. The number of fused-ring (bicyclic) bond motifs is 1. The molecular weight excluding hydrogens is 258 g/mol. The molecular formula is C18H26N3+. The zero-order valence-corrected chi connectivity index (χ0v) is 13.4. The van der Waals surface area contributed by atoms with E-state index in [9.17, 15) is 0 Å². The number of nitrogen functional groups attached to an aromatic ring is 1. The molecule has 0 saturated carbocycles. The number of likely N-dealkylation sites (tertiary alicyclic amines) is 1. The molecule has 1 aromatic carbocycles. The molecule has 0 radical (unpaired) electrons. The molecule has 1 fully saturated rings. The predicted molar refractivity (Wildman–Crippen MR) is 91.4 cm³/mol. The van der Waals surface area contributed by atoms with Crippen LogP contribution in [-0.2, 0) is 0 Å². The van der Waals surface area contributed by atoms with E-state index in [1.165, 1.54) is 43.5 Å². The first-order chi connectivity index (χ1) is 10.00. The van der Waals surface area contributed by atoms with Gasteiger partial charge >= 0.3 is 0 Å². The first-order valence-electron chi connectivity index (χ1n) is 8.04. The van der Waals surface area contributed by atoms with Crippen LogP contribution in [0.1, 0.15) is 32.4 Å². The molecule has 0 aliphatic carbocycles. The lowest BCUT2D eigenvalue weighted by atomic mass is 10.1. The van der Waals surface area contributed by atoms with Crippen LogP contribution < -0.4 is 10.2 Å². The zero-order valence-electron chi connectivity index (χ0n) is 13.4. The Balaban J connectivity index is 2.21. The van der Waals surface area contributed by atoms with Crippen molar-refractivity contribution in [3.05, 3.63) is 30.0 Å². The van der Waals surface area contributed by atoms with E-state index in [0.717, 1.165) is 21.4 Å². The van der Waals surface area contributed by atoms with Crippen molar-refractivity contribution in [3.63, 3.8) is 0 Å². The summed E-state index contributed by atoms with van der Waals surface area (Å²) in [5.41, 5.74) is 10.3. The average molecular weight is 284 g/mol. The highest BCUT2D eigenvalue weighted by Gasteiger charge is 2.36. The summed E-state index contributed by atoms with van der Waals surface area (Å²) in [5, 5.41) is 1.28. The van der Waals surface area contributed by atoms with E-state index in [2.05, 4.69) is 37.9 Å². The second kappa shape index (κ2) is 5.30. The van der Waals surface area contributed by atoms with E-state index in [4.69, 9.17) is 5.73 Å². The maximum Gasteiger partial charge on any atom is 0.144 e. The van der Waals surface area contributed by atoms with Crippen molar-refractivity contribution in [2.24, 2.45) is 5.92 Å². The Morgan fingerprint density at radius 2 is 1.90 bits per heavy atom. The van der Waals surface area contributed by atoms with Gasteiger partial charge in [0.25, 0.3) is 0 Å². The third-order valence-electron chi connectivity index (χ3n) is 4.59. The fourth-order valence-corrected chi connectivity index (χ4v) is 3.91. The summed E-state index contributed by atoms with van der Waals surface area (Å²) in [7, 11) is 0. The predicted octanol–water partition coefficient (Wildman–Crippen LogP) is 3.88. The van der Waals surface area contributed by atoms with Crippen LogP contribution in [0.4, 0.5) is 11.4 Å². The number of aromatic nitrogens is 1. The Morgan fingerprint density at radius 3 is 2.57 bits per heavy atom. The summed E-state index contributed by atoms with van der Waals surface area (Å²) in [4.78, 5) is 4.69. The fraction of sp³-hybridized carbons (Fsp3) is 0.500. The molecule has 1 aliphatic heterocycles. The molecule has 0 spiro atoms. The zero-order chi connectivity index (χ0) is 15.0. The number of benzene rings is 1. The van der Waals surface area contributed by atoms with Gasteiger partial charge in [0, 0.05) is 36.2 Å². The van der Waals surface area contributed by atoms with Crippen LogP contribution in [0, 0.1) is 12.8 Å². The lowest BCUT2D eigenvalue weighted by molar-refractivity contribution is 0.297. The molecule has 2 aromatic rings. The molecule has 2 N–H and O–H groups in total. The molecule has 0 atom stereocenters. The minimum absolute atomic E-state index is 0.695. The minimum Gasteiger partial charge on any atom is -0.399 e. The second-order valence-electron chi connectivity index (χ2n) is 6.94. The van der Waals surface area contributed by atoms with Crippen LogP contribution in [0.3, 0.4) is 0 Å². The summed E-state index contributed by atoms with van der Waals surface area (Å²) >= 11 is 0. The minimum atomic E-state index is 0.695. The van der Waals surface area contributed by atoms with Gasteiger partial charge in [-0.15, -0.1) is 0 Å². The van der Waals surface area contributed by atoms with Crippen LogP contribution in [0.15, 0.2) is 24.3 Å². The van der Waals surface area contributed by atoms with Crippen molar-refractivity contribution in [1.29, 1.82) is 0 Å². The normalized spacial score (nSPS) is 17.7. The average Bonchev–Trinajstić information content (AvgIpc) is 2.86. The Bertz CT molecular complexity index is 650. The fourth-order valence-electron chi connectivity index (χ4n) is 3.91. The van der Waals surface area contributed by atoms with E-state index in [1.54, 1.807) is 0 Å². The van der Waals surface area contributed by atoms with Crippen molar-refractivity contribution >= 4 is 22.3 Å². The van der Waals surface area contributed by atoms with Gasteiger partial charge in [-0.1, -0.05) is 13.8 Å². The molecule has 0 bridgehead atoms. The van der Waals surface area contributed by atoms with Crippen LogP contribution in [0.2, 0.25) is 0 Å². The Hall–Kier alpha value is -1.61. The van der Waals surface area contributed by atoms with Crippen molar-refractivity contribution in [3.8, 4) is 0 Å². The highest BCUT2D eigenvalue weighted by Crippen LogP contribution is 2.37. The van der Waals surface area contributed by atoms with Gasteiger partial charge in [0.05, 0.1) is 30.5 Å². The summed E-state index contributed by atoms with van der Waals surface area (Å²) in [6, 6.07) is 8.47. The van der Waals surface area contributed by atoms with E-state index < -0.39 is 0 Å². The van der Waals surface area contributed by atoms with E-state index >= 15 is 0 Å². The first kappa shape index (κ1) is 14.3. The summed E-state index contributed by atoms with van der Waals surface area (Å²) in [6.45, 7) is 10.5. The quantitative estimate of drug-likeness (QED) is 0.686. The van der Waals surface area contributed by atoms with E-state index in [1.807, 2.05) is 12.1 Å². The summed E-state index contributed by atoms with van der Waals surface area (Å²) < 4.78 is 1.11. The van der Waals surface area contributed by atoms with Gasteiger partial charge in [-0.25, -0.2) is 0 Å². The van der Waals surface area contributed by atoms with Crippen LogP contribution in [0.5, 0.6) is 0 Å². The largest absolute Gasteiger partial charge is 0.399 e. The Labute approximate surface area is 127 Å². The number of quaternary nitrogens is 1. The lowest BCUT2D eigenvalue weighted by Crippen LogP contribution is -2.49. The smallest absolute Gasteiger partial charge is 0.144 e. The SMILES string of the molecule is Cc1cc([N+]2(CC(C)C)CCCC2)c2ccc(N)cc2n1. The monoisotopic (exact) mass is 284 g/mol. The third-order valence-corrected chi connectivity index (χ3v) is 4.59. The van der Waals surface area contributed by atoms with Gasteiger partial charge in [-0.2, -0.15) is 0 Å². The third kappa shape index (κ3) is 2.62. The maximum absolute atomic E-state index is 5.95. The molecule has 1 aromatic heterocycles. The molecule has 1 saturated heterocycles. The molecule has 21 heavy (non-hydrogen) atoms. The van der Waals surface area contributed by atoms with Gasteiger partial charge in [-0.3, -0.25) is 9.47 Å². The van der Waals surface area contributed by atoms with Gasteiger partial charge in [0.15, 0.2) is 0 Å². The van der Waals surface area contributed by atoms with Gasteiger partial charge < -0.3 is 5.73 Å². The van der Waals surface area contributed by atoms with Crippen LogP contribution in [0.25, 0.3) is 10.9 Å². The molecule has 0 unspecified atom stereocenters. The molecule has 2 heterocycles. The first-order valence-corrected chi connectivity index (χ1v) is 8.04. The van der Waals surface area contributed by atoms with E-state index in [-0.39, 0.29) is 0 Å². The molecule has 3 heteroatoms. The standard InChI is InChI=1S/C18H26N3/c1-13(2)12-21(8-4-5-9-21)18-10-14(3)20-17-11-15(19)6-7-16(17)18/h6-7,10-11,13H,4-5,8-9,12,19H2,1-3H3/q+1. The number of aryl methyl sites for hydroxylation is 1. The number of hydrogen-bond donors (Lipinski definition) is 1. The van der Waals surface area contributed by atoms with Gasteiger partial charge in [-0.05, 0) is 25.1 Å². The maximum atomic E-state index is 5.95. The molecule has 1 aliphatic rings. The summed E-state index contributed by atoms with van der Waals surface area (Å²) in [6.07, 6.45) is 2.65. The molecule has 112 valence electrons. The van der Waals surface area contributed by atoms with Crippen LogP contribution >= 0.6 is 0 Å². The van der Waals surface area contributed by atoms with Gasteiger partial charge in [0.2, 0.25) is 0 Å². The van der Waals surface area contributed by atoms with Gasteiger partial charge in [0.1, 0.15) is 5.69 Å². The number of anilines is 1. The van der Waals surface area contributed by atoms with Crippen molar-refractivity contribution in [2.75, 3.05) is 25.4 Å². The summed E-state index contributed by atoms with van der Waals surface area (Å²) in [5.74, 6) is 0.695. The Kier molecular flexibility index (Phi) is 3.62. The second-order valence-corrected chi connectivity index (χ2v) is 6.94. The molecule has 0 amide bonds. The van der Waals surface area contributed by atoms with E-state index in [0.29, 0.717) is 5.92 Å².